The Morgan fingerprint density at radius 3 is 2.68 bits per heavy atom. The number of carbonyl (C=O) groups is 2. The first-order chi connectivity index (χ1) is 10.4. The van der Waals surface area contributed by atoms with Crippen LogP contribution in [-0.2, 0) is 9.59 Å². The van der Waals surface area contributed by atoms with E-state index in [4.69, 9.17) is 11.6 Å². The predicted octanol–water partition coefficient (Wildman–Crippen LogP) is 3.53. The van der Waals surface area contributed by atoms with Gasteiger partial charge in [0.25, 0.3) is 0 Å². The molecule has 1 N–H and O–H groups in total. The highest BCUT2D eigenvalue weighted by Gasteiger charge is 2.34. The first-order valence-corrected chi connectivity index (χ1v) is 8.60. The van der Waals surface area contributed by atoms with Crippen LogP contribution in [0.4, 0.5) is 0 Å². The molecule has 1 saturated heterocycles. The van der Waals surface area contributed by atoms with Crippen LogP contribution >= 0.6 is 23.4 Å². The molecule has 0 aromatic heterocycles. The highest BCUT2D eigenvalue weighted by molar-refractivity contribution is 8.00. The van der Waals surface area contributed by atoms with Gasteiger partial charge in [-0.15, -0.1) is 11.8 Å². The average molecular weight is 342 g/mol. The minimum atomic E-state index is -0.823. The highest BCUT2D eigenvalue weighted by atomic mass is 35.5. The van der Waals surface area contributed by atoms with E-state index in [-0.39, 0.29) is 17.2 Å². The summed E-state index contributed by atoms with van der Waals surface area (Å²) in [4.78, 5) is 26.4. The molecule has 3 unspecified atom stereocenters. The summed E-state index contributed by atoms with van der Waals surface area (Å²) in [6.07, 6.45) is 1.36. The van der Waals surface area contributed by atoms with Crippen molar-refractivity contribution in [3.8, 4) is 0 Å². The van der Waals surface area contributed by atoms with E-state index in [0.29, 0.717) is 18.0 Å². The van der Waals surface area contributed by atoms with Crippen LogP contribution in [0.15, 0.2) is 29.2 Å². The maximum Gasteiger partial charge on any atom is 0.308 e. The van der Waals surface area contributed by atoms with Crippen molar-refractivity contribution < 1.29 is 14.7 Å². The van der Waals surface area contributed by atoms with Crippen LogP contribution in [0, 0.1) is 5.92 Å². The number of carboxylic acids is 1. The van der Waals surface area contributed by atoms with Gasteiger partial charge in [0.15, 0.2) is 0 Å². The number of carboxylic acid groups (broad SMARTS) is 1. The Hall–Kier alpha value is -1.20. The molecule has 3 atom stereocenters. The predicted molar refractivity (Wildman–Crippen MR) is 88.3 cm³/mol. The van der Waals surface area contributed by atoms with E-state index in [1.165, 1.54) is 11.8 Å². The summed E-state index contributed by atoms with van der Waals surface area (Å²) in [5, 5.41) is 9.50. The Kier molecular flexibility index (Phi) is 5.75. The number of likely N-dealkylation sites (tertiary alicyclic amines) is 1. The van der Waals surface area contributed by atoms with Crippen molar-refractivity contribution in [1.29, 1.82) is 0 Å². The van der Waals surface area contributed by atoms with E-state index in [9.17, 15) is 14.7 Å². The Morgan fingerprint density at radius 1 is 1.36 bits per heavy atom. The molecule has 0 saturated carbocycles. The Labute approximate surface area is 139 Å². The molecular weight excluding hydrogens is 322 g/mol. The molecule has 1 aliphatic rings. The zero-order valence-corrected chi connectivity index (χ0v) is 14.2. The smallest absolute Gasteiger partial charge is 0.308 e. The number of hydrogen-bond donors (Lipinski definition) is 1. The molecule has 0 spiro atoms. The molecule has 1 aliphatic heterocycles. The average Bonchev–Trinajstić information content (AvgIpc) is 2.49. The summed E-state index contributed by atoms with van der Waals surface area (Å²) in [6.45, 7) is 4.11. The zero-order chi connectivity index (χ0) is 16.3. The van der Waals surface area contributed by atoms with Crippen molar-refractivity contribution in [3.63, 3.8) is 0 Å². The number of thioether (sulfide) groups is 1. The number of halogens is 1. The topological polar surface area (TPSA) is 57.6 Å². The van der Waals surface area contributed by atoms with E-state index < -0.39 is 11.9 Å². The largest absolute Gasteiger partial charge is 0.481 e. The minimum absolute atomic E-state index is 0.0247. The zero-order valence-electron chi connectivity index (χ0n) is 12.7. The second-order valence-electron chi connectivity index (χ2n) is 5.64. The van der Waals surface area contributed by atoms with Crippen molar-refractivity contribution in [2.45, 2.75) is 42.9 Å². The molecular formula is C16H20ClNO3S. The van der Waals surface area contributed by atoms with Crippen LogP contribution in [0.1, 0.15) is 26.7 Å². The third kappa shape index (κ3) is 3.96. The van der Waals surface area contributed by atoms with Gasteiger partial charge in [-0.3, -0.25) is 9.59 Å². The standard InChI is InChI=1S/C16H20ClNO3S/c1-10-7-8-12(16(20)21)9-18(10)15(19)11(2)22-14-6-4-3-5-13(14)17/h3-6,10-12H,7-9H2,1-2H3,(H,20,21). The molecule has 1 fully saturated rings. The number of piperidine rings is 1. The Morgan fingerprint density at radius 2 is 2.05 bits per heavy atom. The normalized spacial score (nSPS) is 23.1. The molecule has 1 amide bonds. The molecule has 22 heavy (non-hydrogen) atoms. The van der Waals surface area contributed by atoms with E-state index in [1.54, 1.807) is 11.0 Å². The number of amides is 1. The SMILES string of the molecule is CC(Sc1ccccc1Cl)C(=O)N1CC(C(=O)O)CCC1C. The summed E-state index contributed by atoms with van der Waals surface area (Å²) in [7, 11) is 0. The van der Waals surface area contributed by atoms with E-state index in [2.05, 4.69) is 0 Å². The molecule has 4 nitrogen and oxygen atoms in total. The fourth-order valence-electron chi connectivity index (χ4n) is 2.63. The lowest BCUT2D eigenvalue weighted by molar-refractivity contribution is -0.146. The van der Waals surface area contributed by atoms with Crippen LogP contribution < -0.4 is 0 Å². The fraction of sp³-hybridized carbons (Fsp3) is 0.500. The summed E-state index contributed by atoms with van der Waals surface area (Å²) in [6, 6.07) is 7.50. The number of rotatable bonds is 4. The Bertz CT molecular complexity index is 566. The van der Waals surface area contributed by atoms with Crippen LogP contribution in [0.3, 0.4) is 0 Å². The third-order valence-corrected chi connectivity index (χ3v) is 5.61. The lowest BCUT2D eigenvalue weighted by Crippen LogP contribution is -2.49. The molecule has 0 radical (unpaired) electrons. The summed E-state index contributed by atoms with van der Waals surface area (Å²) < 4.78 is 0. The second-order valence-corrected chi connectivity index (χ2v) is 7.43. The van der Waals surface area contributed by atoms with Gasteiger partial charge < -0.3 is 10.0 Å². The molecule has 120 valence electrons. The van der Waals surface area contributed by atoms with Crippen LogP contribution in [0.2, 0.25) is 5.02 Å². The van der Waals surface area contributed by atoms with Crippen molar-refractivity contribution in [3.05, 3.63) is 29.3 Å². The van der Waals surface area contributed by atoms with Crippen molar-refractivity contribution in [1.82, 2.24) is 4.90 Å². The fourth-order valence-corrected chi connectivity index (χ4v) is 3.85. The first-order valence-electron chi connectivity index (χ1n) is 7.34. The van der Waals surface area contributed by atoms with E-state index in [0.717, 1.165) is 11.3 Å². The molecule has 2 rings (SSSR count). The maximum absolute atomic E-state index is 12.7. The van der Waals surface area contributed by atoms with Crippen LogP contribution in [0.25, 0.3) is 0 Å². The number of benzene rings is 1. The second kappa shape index (κ2) is 7.38. The first kappa shape index (κ1) is 17.2. The van der Waals surface area contributed by atoms with Gasteiger partial charge in [0.05, 0.1) is 16.2 Å². The van der Waals surface area contributed by atoms with Crippen LogP contribution in [-0.4, -0.2) is 39.7 Å². The molecule has 0 aliphatic carbocycles. The maximum atomic E-state index is 12.7. The number of aliphatic carboxylic acids is 1. The van der Waals surface area contributed by atoms with Gasteiger partial charge in [-0.25, -0.2) is 0 Å². The molecule has 1 aromatic rings. The third-order valence-electron chi connectivity index (χ3n) is 4.00. The van der Waals surface area contributed by atoms with Gasteiger partial charge in [0, 0.05) is 17.5 Å². The lowest BCUT2D eigenvalue weighted by atomic mass is 9.93. The number of nitrogens with zero attached hydrogens (tertiary/aromatic N) is 1. The van der Waals surface area contributed by atoms with Crippen molar-refractivity contribution in [2.24, 2.45) is 5.92 Å². The quantitative estimate of drug-likeness (QED) is 0.851. The monoisotopic (exact) mass is 341 g/mol. The molecule has 1 aromatic carbocycles. The van der Waals surface area contributed by atoms with Crippen molar-refractivity contribution in [2.75, 3.05) is 6.54 Å². The van der Waals surface area contributed by atoms with Gasteiger partial charge in [0.1, 0.15) is 0 Å². The van der Waals surface area contributed by atoms with Gasteiger partial charge in [0.2, 0.25) is 5.91 Å². The van der Waals surface area contributed by atoms with E-state index in [1.807, 2.05) is 32.0 Å². The molecule has 6 heteroatoms. The van der Waals surface area contributed by atoms with Gasteiger partial charge >= 0.3 is 5.97 Å². The Balaban J connectivity index is 2.05. The summed E-state index contributed by atoms with van der Waals surface area (Å²) >= 11 is 7.54. The summed E-state index contributed by atoms with van der Waals surface area (Å²) in [5.41, 5.74) is 0. The molecule has 1 heterocycles. The minimum Gasteiger partial charge on any atom is -0.481 e. The highest BCUT2D eigenvalue weighted by Crippen LogP contribution is 2.32. The van der Waals surface area contributed by atoms with Crippen LogP contribution in [0.5, 0.6) is 0 Å². The lowest BCUT2D eigenvalue weighted by Gasteiger charge is -2.37. The van der Waals surface area contributed by atoms with Gasteiger partial charge in [-0.2, -0.15) is 0 Å². The van der Waals surface area contributed by atoms with Crippen molar-refractivity contribution >= 4 is 35.2 Å². The van der Waals surface area contributed by atoms with Gasteiger partial charge in [-0.05, 0) is 38.8 Å². The number of carbonyl (C=O) groups excluding carboxylic acids is 1. The summed E-state index contributed by atoms with van der Waals surface area (Å²) in [5.74, 6) is -1.31. The van der Waals surface area contributed by atoms with Gasteiger partial charge in [-0.1, -0.05) is 23.7 Å². The van der Waals surface area contributed by atoms with E-state index >= 15 is 0 Å². The number of hydrogen-bond acceptors (Lipinski definition) is 3. The molecule has 0 bridgehead atoms.